The van der Waals surface area contributed by atoms with Gasteiger partial charge >= 0.3 is 0 Å². The molecule has 8 heteroatoms. The van der Waals surface area contributed by atoms with Gasteiger partial charge in [0.15, 0.2) is 5.13 Å². The van der Waals surface area contributed by atoms with Gasteiger partial charge in [-0.1, -0.05) is 12.1 Å². The minimum atomic E-state index is -0.0419. The van der Waals surface area contributed by atoms with Crippen LogP contribution in [0.1, 0.15) is 10.5 Å². The van der Waals surface area contributed by atoms with Crippen LogP contribution in [0.2, 0.25) is 0 Å². The van der Waals surface area contributed by atoms with Gasteiger partial charge in [0.1, 0.15) is 11.4 Å². The van der Waals surface area contributed by atoms with Gasteiger partial charge in [-0.25, -0.2) is 0 Å². The van der Waals surface area contributed by atoms with Crippen molar-refractivity contribution in [2.45, 2.75) is 0 Å². The fourth-order valence-corrected chi connectivity index (χ4v) is 4.01. The first-order chi connectivity index (χ1) is 12.0. The Balaban J connectivity index is 1.53. The predicted molar refractivity (Wildman–Crippen MR) is 96.5 cm³/mol. The molecule has 1 fully saturated rings. The van der Waals surface area contributed by atoms with Gasteiger partial charge in [0.25, 0.3) is 5.91 Å². The highest BCUT2D eigenvalue weighted by Crippen LogP contribution is 2.28. The third kappa shape index (κ3) is 2.68. The van der Waals surface area contributed by atoms with Crippen LogP contribution in [0, 0.1) is 0 Å². The second kappa shape index (κ2) is 5.96. The Labute approximate surface area is 148 Å². The molecule has 0 spiro atoms. The molecule has 25 heavy (non-hydrogen) atoms. The summed E-state index contributed by atoms with van der Waals surface area (Å²) in [7, 11) is 1.80. The van der Waals surface area contributed by atoms with E-state index in [9.17, 15) is 15.0 Å². The molecule has 1 aliphatic heterocycles. The van der Waals surface area contributed by atoms with Crippen molar-refractivity contribution in [3.05, 3.63) is 35.3 Å². The number of rotatable bonds is 2. The summed E-state index contributed by atoms with van der Waals surface area (Å²) in [6, 6.07) is 7.11. The van der Waals surface area contributed by atoms with E-state index in [1.54, 1.807) is 29.1 Å². The van der Waals surface area contributed by atoms with Gasteiger partial charge < -0.3 is 24.6 Å². The second-order valence-electron chi connectivity index (χ2n) is 6.07. The van der Waals surface area contributed by atoms with Crippen LogP contribution in [0.4, 0.5) is 5.13 Å². The van der Waals surface area contributed by atoms with Crippen LogP contribution in [0.25, 0.3) is 10.9 Å². The highest BCUT2D eigenvalue weighted by Gasteiger charge is 2.26. The molecule has 1 saturated heterocycles. The van der Waals surface area contributed by atoms with E-state index < -0.39 is 0 Å². The second-order valence-corrected chi connectivity index (χ2v) is 6.91. The van der Waals surface area contributed by atoms with Gasteiger partial charge in [-0.3, -0.25) is 4.79 Å². The number of phenolic OH excluding ortho intramolecular Hbond substituents is 1. The van der Waals surface area contributed by atoms with Crippen LogP contribution < -0.4 is 4.90 Å². The van der Waals surface area contributed by atoms with Crippen molar-refractivity contribution in [2.24, 2.45) is 7.05 Å². The number of hydrogen-bond donors (Lipinski definition) is 2. The van der Waals surface area contributed by atoms with Gasteiger partial charge in [-0.2, -0.15) is 4.98 Å². The lowest BCUT2D eigenvalue weighted by molar-refractivity contribution is 0.0737. The monoisotopic (exact) mass is 358 g/mol. The average Bonchev–Trinajstić information content (AvgIpc) is 3.19. The number of piperazine rings is 1. The highest BCUT2D eigenvalue weighted by atomic mass is 32.1. The molecule has 7 nitrogen and oxygen atoms in total. The fourth-order valence-electron chi connectivity index (χ4n) is 3.26. The molecule has 3 heterocycles. The maximum atomic E-state index is 12.9. The Kier molecular flexibility index (Phi) is 3.76. The largest absolute Gasteiger partial charge is 0.506 e. The zero-order valence-corrected chi connectivity index (χ0v) is 14.5. The van der Waals surface area contributed by atoms with Crippen LogP contribution in [-0.4, -0.2) is 56.8 Å². The Hall–Kier alpha value is -2.74. The number of phenols is 1. The van der Waals surface area contributed by atoms with Gasteiger partial charge in [-0.15, -0.1) is 11.3 Å². The number of benzene rings is 1. The number of amides is 1. The van der Waals surface area contributed by atoms with E-state index >= 15 is 0 Å². The molecular formula is C17H18N4O3S. The van der Waals surface area contributed by atoms with Gasteiger partial charge in [0.2, 0.25) is 5.88 Å². The van der Waals surface area contributed by atoms with Gasteiger partial charge in [-0.05, 0) is 12.1 Å². The van der Waals surface area contributed by atoms with Crippen molar-refractivity contribution >= 4 is 33.3 Å². The molecule has 1 aliphatic rings. The number of nitrogens with zero attached hydrogens (tertiary/aromatic N) is 4. The standard InChI is InChI=1S/C17H18N4O3S/c1-19-12(9-11-3-2-4-13(22)15(11)19)16(24)20-5-7-21(8-6-20)17-18-14(23)10-25-17/h2-4,9-10,22-23H,5-8H2,1H3. The molecule has 130 valence electrons. The number of aryl methyl sites for hydroxylation is 1. The summed E-state index contributed by atoms with van der Waals surface area (Å²) >= 11 is 1.40. The molecule has 2 aromatic heterocycles. The molecule has 0 unspecified atom stereocenters. The van der Waals surface area contributed by atoms with Crippen LogP contribution in [0.5, 0.6) is 11.6 Å². The SMILES string of the molecule is Cn1c(C(=O)N2CCN(c3nc(O)cs3)CC2)cc2cccc(O)c21. The third-order valence-electron chi connectivity index (χ3n) is 4.57. The number of carbonyl (C=O) groups excluding carboxylic acids is 1. The van der Waals surface area contributed by atoms with E-state index in [0.29, 0.717) is 37.4 Å². The molecule has 4 rings (SSSR count). The Morgan fingerprint density at radius 2 is 1.96 bits per heavy atom. The summed E-state index contributed by atoms with van der Waals surface area (Å²) in [4.78, 5) is 20.9. The topological polar surface area (TPSA) is 81.8 Å². The number of hydrogen-bond acceptors (Lipinski definition) is 6. The molecule has 0 bridgehead atoms. The molecule has 1 amide bonds. The summed E-state index contributed by atoms with van der Waals surface area (Å²) in [5.74, 6) is 0.168. The average molecular weight is 358 g/mol. The summed E-state index contributed by atoms with van der Waals surface area (Å²) < 4.78 is 1.75. The van der Waals surface area contributed by atoms with E-state index in [1.807, 2.05) is 17.0 Å². The zero-order chi connectivity index (χ0) is 17.6. The molecule has 3 aromatic rings. The van der Waals surface area contributed by atoms with Crippen molar-refractivity contribution < 1.29 is 15.0 Å². The molecule has 2 N–H and O–H groups in total. The van der Waals surface area contributed by atoms with E-state index in [4.69, 9.17) is 0 Å². The van der Waals surface area contributed by atoms with E-state index in [0.717, 1.165) is 10.5 Å². The minimum absolute atomic E-state index is 0.0359. The van der Waals surface area contributed by atoms with E-state index in [-0.39, 0.29) is 17.5 Å². The van der Waals surface area contributed by atoms with Crippen molar-refractivity contribution in [1.82, 2.24) is 14.5 Å². The molecule has 0 saturated carbocycles. The van der Waals surface area contributed by atoms with E-state index in [1.165, 1.54) is 11.3 Å². The molecule has 0 aliphatic carbocycles. The number of aromatic nitrogens is 2. The van der Waals surface area contributed by atoms with Gasteiger partial charge in [0, 0.05) is 38.6 Å². The molecule has 0 radical (unpaired) electrons. The highest BCUT2D eigenvalue weighted by molar-refractivity contribution is 7.13. The van der Waals surface area contributed by atoms with Crippen molar-refractivity contribution in [3.8, 4) is 11.6 Å². The summed E-state index contributed by atoms with van der Waals surface area (Å²) in [6.45, 7) is 2.53. The smallest absolute Gasteiger partial charge is 0.270 e. The molecular weight excluding hydrogens is 340 g/mol. The maximum Gasteiger partial charge on any atom is 0.270 e. The number of thiazole rings is 1. The van der Waals surface area contributed by atoms with Crippen LogP contribution in [0.3, 0.4) is 0 Å². The summed E-state index contributed by atoms with van der Waals surface area (Å²) in [5.41, 5.74) is 1.24. The Bertz CT molecular complexity index is 941. The Morgan fingerprint density at radius 3 is 2.60 bits per heavy atom. The third-order valence-corrected chi connectivity index (χ3v) is 5.46. The first kappa shape index (κ1) is 15.8. The number of aromatic hydroxyl groups is 2. The minimum Gasteiger partial charge on any atom is -0.506 e. The van der Waals surface area contributed by atoms with Crippen molar-refractivity contribution in [3.63, 3.8) is 0 Å². The fraction of sp³-hybridized carbons (Fsp3) is 0.294. The predicted octanol–water partition coefficient (Wildman–Crippen LogP) is 2.01. The van der Waals surface area contributed by atoms with E-state index in [2.05, 4.69) is 9.88 Å². The van der Waals surface area contributed by atoms with Crippen LogP contribution in [-0.2, 0) is 7.05 Å². The van der Waals surface area contributed by atoms with Gasteiger partial charge in [0.05, 0.1) is 10.9 Å². The molecule has 1 aromatic carbocycles. The molecule has 0 atom stereocenters. The van der Waals surface area contributed by atoms with Crippen LogP contribution in [0.15, 0.2) is 29.6 Å². The summed E-state index contributed by atoms with van der Waals surface area (Å²) in [5, 5.41) is 22.7. The maximum absolute atomic E-state index is 12.9. The number of fused-ring (bicyclic) bond motifs is 1. The lowest BCUT2D eigenvalue weighted by Gasteiger charge is -2.34. The number of para-hydroxylation sites is 1. The van der Waals surface area contributed by atoms with Crippen molar-refractivity contribution in [2.75, 3.05) is 31.1 Å². The van der Waals surface area contributed by atoms with Crippen LogP contribution >= 0.6 is 11.3 Å². The first-order valence-electron chi connectivity index (χ1n) is 8.00. The quantitative estimate of drug-likeness (QED) is 0.732. The van der Waals surface area contributed by atoms with Crippen molar-refractivity contribution in [1.29, 1.82) is 0 Å². The Morgan fingerprint density at radius 1 is 1.20 bits per heavy atom. The number of anilines is 1. The lowest BCUT2D eigenvalue weighted by Crippen LogP contribution is -2.49. The zero-order valence-electron chi connectivity index (χ0n) is 13.7. The first-order valence-corrected chi connectivity index (χ1v) is 8.88. The number of carbonyl (C=O) groups is 1. The lowest BCUT2D eigenvalue weighted by atomic mass is 10.2. The normalized spacial score (nSPS) is 15.1. The summed E-state index contributed by atoms with van der Waals surface area (Å²) in [6.07, 6.45) is 0.